The van der Waals surface area contributed by atoms with Crippen molar-refractivity contribution in [1.82, 2.24) is 0 Å². The maximum atomic E-state index is 10.6. The van der Waals surface area contributed by atoms with Crippen LogP contribution in [0.15, 0.2) is 23.2 Å². The minimum absolute atomic E-state index is 0.387. The van der Waals surface area contributed by atoms with E-state index in [0.29, 0.717) is 6.61 Å². The van der Waals surface area contributed by atoms with Gasteiger partial charge in [0.1, 0.15) is 5.75 Å². The van der Waals surface area contributed by atoms with Crippen LogP contribution >= 0.6 is 0 Å². The summed E-state index contributed by atoms with van der Waals surface area (Å²) in [5.41, 5.74) is 1.69. The molecule has 0 aliphatic heterocycles. The molecular formula is C14H17NO3. The topological polar surface area (TPSA) is 47.9 Å². The predicted molar refractivity (Wildman–Crippen MR) is 67.4 cm³/mol. The number of methoxy groups -OCH3 is 2. The van der Waals surface area contributed by atoms with Crippen molar-refractivity contribution in [2.24, 2.45) is 4.99 Å². The van der Waals surface area contributed by atoms with Crippen LogP contribution in [0.3, 0.4) is 0 Å². The van der Waals surface area contributed by atoms with Crippen molar-refractivity contribution in [1.29, 1.82) is 0 Å². The van der Waals surface area contributed by atoms with E-state index in [1.807, 2.05) is 18.2 Å². The first-order chi connectivity index (χ1) is 8.75. The zero-order valence-electron chi connectivity index (χ0n) is 10.7. The van der Waals surface area contributed by atoms with Gasteiger partial charge in [0.15, 0.2) is 0 Å². The number of hydrogen-bond acceptors (Lipinski definition) is 4. The highest BCUT2D eigenvalue weighted by Crippen LogP contribution is 2.46. The third-order valence-electron chi connectivity index (χ3n) is 3.55. The highest BCUT2D eigenvalue weighted by atomic mass is 16.5. The van der Waals surface area contributed by atoms with Gasteiger partial charge in [-0.15, -0.1) is 0 Å². The van der Waals surface area contributed by atoms with E-state index in [1.165, 1.54) is 0 Å². The fourth-order valence-electron chi connectivity index (χ4n) is 2.47. The van der Waals surface area contributed by atoms with E-state index in [1.54, 1.807) is 20.3 Å². The van der Waals surface area contributed by atoms with E-state index in [-0.39, 0.29) is 5.54 Å². The monoisotopic (exact) mass is 247 g/mol. The Kier molecular flexibility index (Phi) is 3.80. The zero-order valence-corrected chi connectivity index (χ0v) is 10.7. The van der Waals surface area contributed by atoms with Crippen molar-refractivity contribution < 1.29 is 14.3 Å². The molecule has 1 fully saturated rings. The number of ether oxygens (including phenoxy) is 2. The highest BCUT2D eigenvalue weighted by molar-refractivity contribution is 5.45. The molecule has 0 heterocycles. The number of carbonyl (C=O) groups excluding carboxylic acids is 1. The van der Waals surface area contributed by atoms with Crippen LogP contribution in [0.1, 0.15) is 30.4 Å². The Morgan fingerprint density at radius 1 is 1.39 bits per heavy atom. The van der Waals surface area contributed by atoms with E-state index in [2.05, 4.69) is 4.99 Å². The van der Waals surface area contributed by atoms with Gasteiger partial charge in [0.05, 0.1) is 19.3 Å². The lowest BCUT2D eigenvalue weighted by atomic mass is 9.71. The molecule has 0 amide bonds. The van der Waals surface area contributed by atoms with Crippen LogP contribution in [0.5, 0.6) is 5.75 Å². The molecule has 0 N–H and O–H groups in total. The number of nitrogens with zero attached hydrogens (tertiary/aromatic N) is 1. The van der Waals surface area contributed by atoms with Crippen LogP contribution < -0.4 is 4.74 Å². The van der Waals surface area contributed by atoms with Gasteiger partial charge in [-0.1, -0.05) is 6.07 Å². The molecule has 1 saturated carbocycles. The normalized spacial score (nSPS) is 16.6. The molecule has 18 heavy (non-hydrogen) atoms. The molecule has 1 aromatic rings. The average Bonchev–Trinajstić information content (AvgIpc) is 2.34. The lowest BCUT2D eigenvalue weighted by Gasteiger charge is -2.38. The standard InChI is InChI=1S/C14H17NO3/c1-17-9-11-8-12(18-2)4-5-13(11)14(15-10-16)6-3-7-14/h4-5,8H,3,6-7,9H2,1-2H3. The van der Waals surface area contributed by atoms with Crippen molar-refractivity contribution in [2.75, 3.05) is 14.2 Å². The first-order valence-electron chi connectivity index (χ1n) is 6.01. The Bertz CT molecular complexity index is 474. The average molecular weight is 247 g/mol. The Hall–Kier alpha value is -1.64. The van der Waals surface area contributed by atoms with Gasteiger partial charge in [0.2, 0.25) is 6.08 Å². The van der Waals surface area contributed by atoms with Gasteiger partial charge in [0.25, 0.3) is 0 Å². The Balaban J connectivity index is 2.45. The Labute approximate surface area is 107 Å². The predicted octanol–water partition coefficient (Wildman–Crippen LogP) is 2.56. The maximum Gasteiger partial charge on any atom is 0.235 e. The summed E-state index contributed by atoms with van der Waals surface area (Å²) in [6.07, 6.45) is 4.59. The van der Waals surface area contributed by atoms with E-state index < -0.39 is 0 Å². The molecule has 4 nitrogen and oxygen atoms in total. The van der Waals surface area contributed by atoms with Crippen LogP contribution in [0.2, 0.25) is 0 Å². The van der Waals surface area contributed by atoms with Gasteiger partial charge in [-0.05, 0) is 42.5 Å². The number of hydrogen-bond donors (Lipinski definition) is 0. The summed E-state index contributed by atoms with van der Waals surface area (Å²) in [5, 5.41) is 0. The minimum atomic E-state index is -0.387. The Morgan fingerprint density at radius 3 is 2.67 bits per heavy atom. The van der Waals surface area contributed by atoms with Crippen molar-refractivity contribution in [3.05, 3.63) is 29.3 Å². The molecule has 0 spiro atoms. The second kappa shape index (κ2) is 5.34. The van der Waals surface area contributed by atoms with Crippen LogP contribution in [0, 0.1) is 0 Å². The van der Waals surface area contributed by atoms with Gasteiger partial charge in [-0.25, -0.2) is 4.79 Å². The largest absolute Gasteiger partial charge is 0.497 e. The molecule has 1 aliphatic rings. The summed E-state index contributed by atoms with van der Waals surface area (Å²) in [6.45, 7) is 0.489. The molecule has 1 aromatic carbocycles. The summed E-state index contributed by atoms with van der Waals surface area (Å²) >= 11 is 0. The molecule has 0 bridgehead atoms. The van der Waals surface area contributed by atoms with Gasteiger partial charge in [0, 0.05) is 7.11 Å². The first-order valence-corrected chi connectivity index (χ1v) is 6.01. The fourth-order valence-corrected chi connectivity index (χ4v) is 2.47. The van der Waals surface area contributed by atoms with Gasteiger partial charge < -0.3 is 9.47 Å². The van der Waals surface area contributed by atoms with Crippen LogP contribution in [0.4, 0.5) is 0 Å². The highest BCUT2D eigenvalue weighted by Gasteiger charge is 2.40. The van der Waals surface area contributed by atoms with E-state index in [0.717, 1.165) is 36.1 Å². The van der Waals surface area contributed by atoms with Gasteiger partial charge in [-0.2, -0.15) is 4.99 Å². The van der Waals surface area contributed by atoms with Crippen LogP contribution in [0.25, 0.3) is 0 Å². The summed E-state index contributed by atoms with van der Waals surface area (Å²) < 4.78 is 10.4. The molecule has 96 valence electrons. The molecule has 2 rings (SSSR count). The second-order valence-corrected chi connectivity index (χ2v) is 4.54. The number of rotatable bonds is 5. The third kappa shape index (κ3) is 2.17. The second-order valence-electron chi connectivity index (χ2n) is 4.54. The number of isocyanates is 1. The summed E-state index contributed by atoms with van der Waals surface area (Å²) in [7, 11) is 3.29. The van der Waals surface area contributed by atoms with Crippen molar-refractivity contribution in [2.45, 2.75) is 31.4 Å². The SMILES string of the molecule is COCc1cc(OC)ccc1C1(N=C=O)CCC1. The lowest BCUT2D eigenvalue weighted by molar-refractivity contribution is 0.178. The van der Waals surface area contributed by atoms with E-state index in [9.17, 15) is 4.79 Å². The van der Waals surface area contributed by atoms with Crippen LogP contribution in [-0.4, -0.2) is 20.3 Å². The fraction of sp³-hybridized carbons (Fsp3) is 0.500. The van der Waals surface area contributed by atoms with Crippen molar-refractivity contribution in [3.63, 3.8) is 0 Å². The minimum Gasteiger partial charge on any atom is -0.497 e. The zero-order chi connectivity index (χ0) is 13.0. The smallest absolute Gasteiger partial charge is 0.235 e. The van der Waals surface area contributed by atoms with E-state index in [4.69, 9.17) is 9.47 Å². The molecule has 0 unspecified atom stereocenters. The summed E-state index contributed by atoms with van der Waals surface area (Å²) in [5.74, 6) is 0.787. The number of benzene rings is 1. The summed E-state index contributed by atoms with van der Waals surface area (Å²) in [4.78, 5) is 14.7. The van der Waals surface area contributed by atoms with E-state index >= 15 is 0 Å². The molecule has 0 atom stereocenters. The molecule has 0 aromatic heterocycles. The van der Waals surface area contributed by atoms with Gasteiger partial charge >= 0.3 is 0 Å². The van der Waals surface area contributed by atoms with Crippen molar-refractivity contribution in [3.8, 4) is 5.75 Å². The van der Waals surface area contributed by atoms with Gasteiger partial charge in [-0.3, -0.25) is 0 Å². The Morgan fingerprint density at radius 2 is 2.17 bits per heavy atom. The molecule has 1 aliphatic carbocycles. The molecular weight excluding hydrogens is 230 g/mol. The number of aliphatic imine (C=N–C) groups is 1. The molecule has 4 heteroatoms. The van der Waals surface area contributed by atoms with Crippen molar-refractivity contribution >= 4 is 6.08 Å². The molecule has 0 saturated heterocycles. The lowest BCUT2D eigenvalue weighted by Crippen LogP contribution is -2.33. The first kappa shape index (κ1) is 12.8. The maximum absolute atomic E-state index is 10.6. The molecule has 0 radical (unpaired) electrons. The third-order valence-corrected chi connectivity index (χ3v) is 3.55. The summed E-state index contributed by atoms with van der Waals surface area (Å²) in [6, 6.07) is 5.82. The van der Waals surface area contributed by atoms with Crippen LogP contribution in [-0.2, 0) is 21.7 Å². The quantitative estimate of drug-likeness (QED) is 0.593.